The lowest BCUT2D eigenvalue weighted by atomic mass is 9.93. The molecule has 3 aliphatic rings. The van der Waals surface area contributed by atoms with Gasteiger partial charge < -0.3 is 15.0 Å². The molecule has 2 aromatic heterocycles. The van der Waals surface area contributed by atoms with Crippen LogP contribution in [0.2, 0.25) is 0 Å². The van der Waals surface area contributed by atoms with E-state index in [1.807, 2.05) is 17.5 Å². The van der Waals surface area contributed by atoms with Gasteiger partial charge in [-0.1, -0.05) is 12.1 Å². The topological polar surface area (TPSA) is 95.4 Å². The molecule has 2 fully saturated rings. The van der Waals surface area contributed by atoms with Crippen LogP contribution < -0.4 is 5.73 Å². The number of thiol groups is 1. The number of amides is 1. The van der Waals surface area contributed by atoms with Crippen molar-refractivity contribution in [3.63, 3.8) is 0 Å². The Morgan fingerprint density at radius 2 is 2.11 bits per heavy atom. The summed E-state index contributed by atoms with van der Waals surface area (Å²) < 4.78 is 23.0. The predicted molar refractivity (Wildman–Crippen MR) is 142 cm³/mol. The SMILES string of the molecule is NC(=O)C1=NC=C[SH]1[C@@H]1CC(Cl)C[C@H](n2c(-c3ccccc3F)nc3cnc([C@@H]4CCCO4)cc32)C1. The van der Waals surface area contributed by atoms with E-state index in [0.717, 1.165) is 43.5 Å². The number of primary amides is 1. The predicted octanol–water partition coefficient (Wildman–Crippen LogP) is 5.16. The van der Waals surface area contributed by atoms with Gasteiger partial charge in [-0.05, 0) is 61.0 Å². The van der Waals surface area contributed by atoms with Crippen LogP contribution in [0.3, 0.4) is 0 Å². The Kier molecular flexibility index (Phi) is 6.31. The number of nitrogens with zero attached hydrogens (tertiary/aromatic N) is 4. The zero-order chi connectivity index (χ0) is 24.8. The molecule has 1 amide bonds. The van der Waals surface area contributed by atoms with Crippen LogP contribution in [-0.4, -0.2) is 42.7 Å². The Morgan fingerprint density at radius 3 is 2.89 bits per heavy atom. The number of imidazole rings is 1. The molecule has 1 aliphatic carbocycles. The Balaban J connectivity index is 1.46. The second kappa shape index (κ2) is 9.61. The van der Waals surface area contributed by atoms with Crippen molar-refractivity contribution in [2.24, 2.45) is 10.7 Å². The first-order valence-corrected chi connectivity index (χ1v) is 14.1. The van der Waals surface area contributed by atoms with Crippen LogP contribution in [0.1, 0.15) is 49.9 Å². The second-order valence-electron chi connectivity index (χ2n) is 9.52. The lowest BCUT2D eigenvalue weighted by Gasteiger charge is -2.38. The van der Waals surface area contributed by atoms with Gasteiger partial charge in [-0.15, -0.1) is 11.6 Å². The minimum atomic E-state index is -0.952. The van der Waals surface area contributed by atoms with E-state index in [4.69, 9.17) is 27.1 Å². The van der Waals surface area contributed by atoms with Gasteiger partial charge in [0.05, 0.1) is 29.1 Å². The Morgan fingerprint density at radius 1 is 1.25 bits per heavy atom. The van der Waals surface area contributed by atoms with E-state index in [0.29, 0.717) is 28.4 Å². The van der Waals surface area contributed by atoms with E-state index in [2.05, 4.69) is 14.5 Å². The molecule has 36 heavy (non-hydrogen) atoms. The molecule has 7 nitrogen and oxygen atoms in total. The standard InChI is InChI=1S/C26H27ClFN5O2S/c27-15-10-16(12-17(11-15)36-9-7-30-26(36)24(29)34)33-22-13-20(23-6-3-8-35-23)31-14-21(22)32-25(33)18-4-1-2-5-19(18)28/h1-2,4-5,7,9,13-17,23,36H,3,6,8,10-12H2,(H2,29,34)/t15?,16-,17+,23-/m0/s1. The summed E-state index contributed by atoms with van der Waals surface area (Å²) in [5, 5.41) is 2.46. The Labute approximate surface area is 216 Å². The van der Waals surface area contributed by atoms with Crippen LogP contribution >= 0.6 is 22.5 Å². The van der Waals surface area contributed by atoms with Crippen LogP contribution in [0.25, 0.3) is 22.4 Å². The van der Waals surface area contributed by atoms with E-state index >= 15 is 4.39 Å². The number of hydrogen-bond donors (Lipinski definition) is 2. The fourth-order valence-corrected chi connectivity index (χ4v) is 8.53. The molecule has 5 atom stereocenters. The zero-order valence-electron chi connectivity index (χ0n) is 19.6. The van der Waals surface area contributed by atoms with E-state index in [1.165, 1.54) is 6.07 Å². The summed E-state index contributed by atoms with van der Waals surface area (Å²) in [5.41, 5.74) is 8.52. The summed E-state index contributed by atoms with van der Waals surface area (Å²) in [6.07, 6.45) is 7.55. The van der Waals surface area contributed by atoms with Crippen molar-refractivity contribution in [3.05, 3.63) is 59.6 Å². The number of rotatable bonds is 5. The third-order valence-corrected chi connectivity index (χ3v) is 10.1. The van der Waals surface area contributed by atoms with Gasteiger partial charge in [0.1, 0.15) is 22.2 Å². The number of aromatic nitrogens is 3. The number of carbonyl (C=O) groups is 1. The summed E-state index contributed by atoms with van der Waals surface area (Å²) >= 11 is 6.83. The molecule has 10 heteroatoms. The van der Waals surface area contributed by atoms with Crippen molar-refractivity contribution in [1.29, 1.82) is 0 Å². The fourth-order valence-electron chi connectivity index (χ4n) is 5.63. The molecular weight excluding hydrogens is 501 g/mol. The lowest BCUT2D eigenvalue weighted by Crippen LogP contribution is -2.33. The van der Waals surface area contributed by atoms with E-state index in [9.17, 15) is 4.79 Å². The molecule has 0 bridgehead atoms. The van der Waals surface area contributed by atoms with Gasteiger partial charge in [0, 0.05) is 24.2 Å². The van der Waals surface area contributed by atoms with Crippen LogP contribution in [0.15, 0.2) is 53.1 Å². The van der Waals surface area contributed by atoms with Crippen molar-refractivity contribution in [2.45, 2.75) is 54.9 Å². The Hall–Kier alpha value is -2.75. The molecule has 6 rings (SSSR count). The molecule has 0 radical (unpaired) electrons. The number of benzene rings is 1. The molecule has 1 saturated carbocycles. The highest BCUT2D eigenvalue weighted by Crippen LogP contribution is 2.49. The maximum Gasteiger partial charge on any atom is 0.272 e. The molecular formula is C26H27ClFN5O2S. The van der Waals surface area contributed by atoms with Crippen LogP contribution in [-0.2, 0) is 9.53 Å². The van der Waals surface area contributed by atoms with Crippen molar-refractivity contribution in [2.75, 3.05) is 6.61 Å². The normalized spacial score (nSPS) is 29.1. The molecule has 2 N–H and O–H groups in total. The van der Waals surface area contributed by atoms with Gasteiger partial charge in [0.2, 0.25) is 0 Å². The number of halogens is 2. The van der Waals surface area contributed by atoms with Gasteiger partial charge in [-0.3, -0.25) is 9.78 Å². The molecule has 0 spiro atoms. The highest BCUT2D eigenvalue weighted by atomic mass is 35.5. The average Bonchev–Trinajstić information content (AvgIpc) is 3.63. The summed E-state index contributed by atoms with van der Waals surface area (Å²) in [7, 11) is -0.952. The molecule has 2 aliphatic heterocycles. The van der Waals surface area contributed by atoms with E-state index in [1.54, 1.807) is 24.5 Å². The molecule has 3 aromatic rings. The van der Waals surface area contributed by atoms with Crippen molar-refractivity contribution in [3.8, 4) is 11.4 Å². The van der Waals surface area contributed by atoms with Crippen LogP contribution in [0.5, 0.6) is 0 Å². The third kappa shape index (κ3) is 4.23. The number of carbonyl (C=O) groups excluding carboxylic acids is 1. The number of alkyl halides is 1. The Bertz CT molecular complexity index is 1390. The van der Waals surface area contributed by atoms with Crippen LogP contribution in [0.4, 0.5) is 4.39 Å². The number of nitrogens with two attached hydrogens (primary N) is 1. The van der Waals surface area contributed by atoms with Crippen molar-refractivity contribution < 1.29 is 13.9 Å². The number of hydrogen-bond acceptors (Lipinski definition) is 5. The smallest absolute Gasteiger partial charge is 0.272 e. The molecule has 1 saturated heterocycles. The minimum Gasteiger partial charge on any atom is -0.372 e. The minimum absolute atomic E-state index is 0.0452. The zero-order valence-corrected chi connectivity index (χ0v) is 21.2. The summed E-state index contributed by atoms with van der Waals surface area (Å²) in [6.45, 7) is 0.725. The second-order valence-corrected chi connectivity index (χ2v) is 12.4. The van der Waals surface area contributed by atoms with Crippen molar-refractivity contribution >= 4 is 44.5 Å². The highest BCUT2D eigenvalue weighted by molar-refractivity contribution is 8.34. The number of aliphatic imine (C=N–C) groups is 1. The quantitative estimate of drug-likeness (QED) is 0.354. The molecule has 1 aromatic carbocycles. The van der Waals surface area contributed by atoms with E-state index in [-0.39, 0.29) is 28.6 Å². The third-order valence-electron chi connectivity index (χ3n) is 7.22. The van der Waals surface area contributed by atoms with Gasteiger partial charge in [0.15, 0.2) is 0 Å². The fraction of sp³-hybridized carbons (Fsp3) is 0.385. The lowest BCUT2D eigenvalue weighted by molar-refractivity contribution is -0.111. The summed E-state index contributed by atoms with van der Waals surface area (Å²) in [5.74, 6) is -0.253. The molecule has 2 unspecified atom stereocenters. The average molecular weight is 528 g/mol. The molecule has 4 heterocycles. The first kappa shape index (κ1) is 23.6. The molecule has 188 valence electrons. The number of fused-ring (bicyclic) bond motifs is 1. The number of ether oxygens (including phenoxy) is 1. The largest absolute Gasteiger partial charge is 0.372 e. The van der Waals surface area contributed by atoms with Crippen molar-refractivity contribution in [1.82, 2.24) is 14.5 Å². The highest BCUT2D eigenvalue weighted by Gasteiger charge is 2.37. The first-order chi connectivity index (χ1) is 17.5. The van der Waals surface area contributed by atoms with Gasteiger partial charge in [-0.25, -0.2) is 14.4 Å². The first-order valence-electron chi connectivity index (χ1n) is 12.2. The van der Waals surface area contributed by atoms with E-state index < -0.39 is 16.8 Å². The summed E-state index contributed by atoms with van der Waals surface area (Å²) in [6, 6.07) is 8.68. The maximum atomic E-state index is 15.0. The van der Waals surface area contributed by atoms with Gasteiger partial charge in [-0.2, -0.15) is 10.9 Å². The monoisotopic (exact) mass is 527 g/mol. The van der Waals surface area contributed by atoms with Gasteiger partial charge in [0.25, 0.3) is 5.91 Å². The summed E-state index contributed by atoms with van der Waals surface area (Å²) in [4.78, 5) is 25.7. The van der Waals surface area contributed by atoms with Gasteiger partial charge >= 0.3 is 0 Å². The maximum absolute atomic E-state index is 15.0. The van der Waals surface area contributed by atoms with Crippen LogP contribution in [0, 0.1) is 5.82 Å². The number of pyridine rings is 1.